The maximum Gasteiger partial charge on any atom is 0.168 e. The number of aryl methyl sites for hydroxylation is 2. The smallest absolute Gasteiger partial charge is 0.168 e. The van der Waals surface area contributed by atoms with Crippen molar-refractivity contribution in [2.45, 2.75) is 44.9 Å². The summed E-state index contributed by atoms with van der Waals surface area (Å²) in [5.41, 5.74) is 1.72. The number of carbonyl (C=O) groups is 1. The maximum atomic E-state index is 10.9. The zero-order valence-electron chi connectivity index (χ0n) is 9.98. The van der Waals surface area contributed by atoms with Crippen molar-refractivity contribution in [3.05, 3.63) is 17.7 Å². The molecule has 2 rings (SSSR count). The Balaban J connectivity index is 1.90. The predicted molar refractivity (Wildman–Crippen MR) is 63.5 cm³/mol. The van der Waals surface area contributed by atoms with E-state index >= 15 is 0 Å². The highest BCUT2D eigenvalue weighted by molar-refractivity contribution is 5.73. The molecular formula is C13H20N2O. The van der Waals surface area contributed by atoms with Crippen molar-refractivity contribution in [2.75, 3.05) is 0 Å². The summed E-state index contributed by atoms with van der Waals surface area (Å²) in [4.78, 5) is 15.2. The van der Waals surface area contributed by atoms with Crippen molar-refractivity contribution in [3.8, 4) is 0 Å². The van der Waals surface area contributed by atoms with E-state index in [2.05, 4.69) is 4.98 Å². The van der Waals surface area contributed by atoms with Crippen molar-refractivity contribution >= 4 is 6.29 Å². The summed E-state index contributed by atoms with van der Waals surface area (Å²) in [5.74, 6) is 0.857. The zero-order valence-corrected chi connectivity index (χ0v) is 9.98. The Labute approximate surface area is 96.9 Å². The van der Waals surface area contributed by atoms with E-state index in [4.69, 9.17) is 0 Å². The molecule has 1 aliphatic carbocycles. The monoisotopic (exact) mass is 220 g/mol. The van der Waals surface area contributed by atoms with Gasteiger partial charge in [0.2, 0.25) is 0 Å². The third kappa shape index (κ3) is 2.52. The molecule has 1 saturated carbocycles. The van der Waals surface area contributed by atoms with Crippen molar-refractivity contribution in [1.29, 1.82) is 0 Å². The summed E-state index contributed by atoms with van der Waals surface area (Å²) in [7, 11) is 1.88. The average Bonchev–Trinajstić information content (AvgIpc) is 2.68. The van der Waals surface area contributed by atoms with E-state index in [-0.39, 0.29) is 0 Å². The number of imidazole rings is 1. The van der Waals surface area contributed by atoms with Gasteiger partial charge >= 0.3 is 0 Å². The van der Waals surface area contributed by atoms with Gasteiger partial charge in [-0.15, -0.1) is 0 Å². The minimum Gasteiger partial charge on any atom is -0.331 e. The molecule has 16 heavy (non-hydrogen) atoms. The Morgan fingerprint density at radius 1 is 1.44 bits per heavy atom. The van der Waals surface area contributed by atoms with Crippen LogP contribution in [0.5, 0.6) is 0 Å². The molecule has 3 heteroatoms. The van der Waals surface area contributed by atoms with E-state index in [1.165, 1.54) is 38.5 Å². The van der Waals surface area contributed by atoms with Crippen LogP contribution >= 0.6 is 0 Å². The second-order valence-corrected chi connectivity index (χ2v) is 4.85. The summed E-state index contributed by atoms with van der Waals surface area (Å²) in [6, 6.07) is 0. The molecule has 88 valence electrons. The lowest BCUT2D eigenvalue weighted by molar-refractivity contribution is 0.111. The molecule has 0 aromatic carbocycles. The molecule has 1 aromatic heterocycles. The first-order chi connectivity index (χ1) is 7.81. The van der Waals surface area contributed by atoms with Crippen LogP contribution in [0.4, 0.5) is 0 Å². The van der Waals surface area contributed by atoms with Crippen LogP contribution in [0.25, 0.3) is 0 Å². The molecule has 0 amide bonds. The van der Waals surface area contributed by atoms with Gasteiger partial charge in [-0.1, -0.05) is 32.1 Å². The van der Waals surface area contributed by atoms with Crippen LogP contribution < -0.4 is 0 Å². The van der Waals surface area contributed by atoms with Gasteiger partial charge in [-0.2, -0.15) is 0 Å². The lowest BCUT2D eigenvalue weighted by Crippen LogP contribution is -2.08. The van der Waals surface area contributed by atoms with E-state index in [9.17, 15) is 4.79 Å². The first kappa shape index (κ1) is 11.4. The van der Waals surface area contributed by atoms with Gasteiger partial charge in [-0.3, -0.25) is 4.79 Å². The van der Waals surface area contributed by atoms with Crippen molar-refractivity contribution in [2.24, 2.45) is 13.0 Å². The first-order valence-electron chi connectivity index (χ1n) is 6.26. The van der Waals surface area contributed by atoms with Crippen LogP contribution in [0.3, 0.4) is 0 Å². The Bertz CT molecular complexity index is 351. The van der Waals surface area contributed by atoms with Gasteiger partial charge in [0.25, 0.3) is 0 Å². The molecule has 0 aliphatic heterocycles. The van der Waals surface area contributed by atoms with Crippen molar-refractivity contribution < 1.29 is 4.79 Å². The fourth-order valence-electron chi connectivity index (χ4n) is 2.65. The van der Waals surface area contributed by atoms with Gasteiger partial charge in [-0.25, -0.2) is 4.98 Å². The molecule has 1 heterocycles. The number of aldehydes is 1. The van der Waals surface area contributed by atoms with E-state index in [1.54, 1.807) is 6.33 Å². The van der Waals surface area contributed by atoms with Crippen molar-refractivity contribution in [3.63, 3.8) is 0 Å². The number of rotatable bonds is 4. The first-order valence-corrected chi connectivity index (χ1v) is 6.26. The lowest BCUT2D eigenvalue weighted by atomic mass is 9.86. The highest BCUT2D eigenvalue weighted by Crippen LogP contribution is 2.27. The quantitative estimate of drug-likeness (QED) is 0.731. The Morgan fingerprint density at radius 2 is 2.19 bits per heavy atom. The Morgan fingerprint density at radius 3 is 2.88 bits per heavy atom. The van der Waals surface area contributed by atoms with Crippen LogP contribution in [-0.4, -0.2) is 15.8 Å². The fraction of sp³-hybridized carbons (Fsp3) is 0.692. The fourth-order valence-corrected chi connectivity index (χ4v) is 2.65. The van der Waals surface area contributed by atoms with Gasteiger partial charge in [0.15, 0.2) is 6.29 Å². The molecule has 0 saturated heterocycles. The zero-order chi connectivity index (χ0) is 11.4. The molecule has 1 fully saturated rings. The average molecular weight is 220 g/mol. The Kier molecular flexibility index (Phi) is 3.75. The minimum absolute atomic E-state index is 0.746. The summed E-state index contributed by atoms with van der Waals surface area (Å²) in [5, 5.41) is 0. The van der Waals surface area contributed by atoms with Crippen molar-refractivity contribution in [1.82, 2.24) is 9.55 Å². The molecule has 3 nitrogen and oxygen atoms in total. The van der Waals surface area contributed by atoms with Gasteiger partial charge in [-0.05, 0) is 18.8 Å². The normalized spacial score (nSPS) is 17.6. The molecule has 0 atom stereocenters. The van der Waals surface area contributed by atoms with Crippen LogP contribution in [0, 0.1) is 5.92 Å². The van der Waals surface area contributed by atoms with E-state index in [0.717, 1.165) is 30.0 Å². The summed E-state index contributed by atoms with van der Waals surface area (Å²) in [6.07, 6.45) is 11.7. The van der Waals surface area contributed by atoms with Gasteiger partial charge in [0.1, 0.15) is 5.69 Å². The third-order valence-electron chi connectivity index (χ3n) is 3.69. The molecule has 0 unspecified atom stereocenters. The van der Waals surface area contributed by atoms with Gasteiger partial charge in [0, 0.05) is 7.05 Å². The second kappa shape index (κ2) is 5.28. The van der Waals surface area contributed by atoms with Gasteiger partial charge in [0.05, 0.1) is 12.0 Å². The molecule has 1 aromatic rings. The van der Waals surface area contributed by atoms with Crippen LogP contribution in [-0.2, 0) is 13.5 Å². The molecular weight excluding hydrogens is 200 g/mol. The largest absolute Gasteiger partial charge is 0.331 e. The van der Waals surface area contributed by atoms with Crippen LogP contribution in [0.2, 0.25) is 0 Å². The molecule has 1 aliphatic rings. The highest BCUT2D eigenvalue weighted by Gasteiger charge is 2.15. The number of carbonyl (C=O) groups excluding carboxylic acids is 1. The number of hydrogen-bond donors (Lipinski definition) is 0. The van der Waals surface area contributed by atoms with Crippen LogP contribution in [0.15, 0.2) is 6.33 Å². The summed E-state index contributed by atoms with van der Waals surface area (Å²) < 4.78 is 1.81. The van der Waals surface area contributed by atoms with Gasteiger partial charge < -0.3 is 4.57 Å². The second-order valence-electron chi connectivity index (χ2n) is 4.85. The molecule has 0 spiro atoms. The standard InChI is InChI=1S/C13H20N2O/c1-15-10-14-12(13(15)9-16)8-7-11-5-3-2-4-6-11/h9-11H,2-8H2,1H3. The van der Waals surface area contributed by atoms with E-state index in [0.29, 0.717) is 0 Å². The van der Waals surface area contributed by atoms with E-state index in [1.807, 2.05) is 11.6 Å². The SMILES string of the molecule is Cn1cnc(CCC2CCCCC2)c1C=O. The maximum absolute atomic E-state index is 10.9. The minimum atomic E-state index is 0.746. The summed E-state index contributed by atoms with van der Waals surface area (Å²) in [6.45, 7) is 0. The third-order valence-corrected chi connectivity index (χ3v) is 3.69. The Hall–Kier alpha value is -1.12. The topological polar surface area (TPSA) is 34.9 Å². The predicted octanol–water partition coefficient (Wildman–Crippen LogP) is 2.75. The van der Waals surface area contributed by atoms with E-state index < -0.39 is 0 Å². The van der Waals surface area contributed by atoms with Crippen LogP contribution in [0.1, 0.15) is 54.7 Å². The number of hydrogen-bond acceptors (Lipinski definition) is 2. The molecule has 0 N–H and O–H groups in total. The molecule has 0 radical (unpaired) electrons. The highest BCUT2D eigenvalue weighted by atomic mass is 16.1. The lowest BCUT2D eigenvalue weighted by Gasteiger charge is -2.20. The number of aromatic nitrogens is 2. The summed E-state index contributed by atoms with van der Waals surface area (Å²) >= 11 is 0. The molecule has 0 bridgehead atoms. The number of nitrogens with zero attached hydrogens (tertiary/aromatic N) is 2.